The van der Waals surface area contributed by atoms with E-state index in [0.717, 1.165) is 25.3 Å². The van der Waals surface area contributed by atoms with Crippen molar-refractivity contribution in [1.29, 1.82) is 0 Å². The SMILES string of the molecule is CN(C)c1cc(C(=O)Nc2ccccc2OC[C@H]2CCCCO2)ccn1. The molecule has 6 heteroatoms. The minimum absolute atomic E-state index is 0.121. The largest absolute Gasteiger partial charge is 0.489 e. The molecule has 3 rings (SSSR count). The zero-order valence-electron chi connectivity index (χ0n) is 15.3. The number of hydrogen-bond acceptors (Lipinski definition) is 5. The van der Waals surface area contributed by atoms with E-state index in [-0.39, 0.29) is 12.0 Å². The van der Waals surface area contributed by atoms with Crippen LogP contribution in [0.25, 0.3) is 0 Å². The molecule has 1 aromatic heterocycles. The Kier molecular flexibility index (Phi) is 6.07. The van der Waals surface area contributed by atoms with Crippen molar-refractivity contribution in [2.45, 2.75) is 25.4 Å². The van der Waals surface area contributed by atoms with Crippen molar-refractivity contribution < 1.29 is 14.3 Å². The van der Waals surface area contributed by atoms with E-state index in [9.17, 15) is 4.79 Å². The molecule has 0 aliphatic carbocycles. The number of para-hydroxylation sites is 2. The first-order valence-corrected chi connectivity index (χ1v) is 8.91. The Bertz CT molecular complexity index is 743. The van der Waals surface area contributed by atoms with Gasteiger partial charge in [0.1, 0.15) is 18.2 Å². The lowest BCUT2D eigenvalue weighted by molar-refractivity contribution is -0.0109. The molecule has 1 atom stereocenters. The van der Waals surface area contributed by atoms with Crippen LogP contribution in [0.3, 0.4) is 0 Å². The minimum Gasteiger partial charge on any atom is -0.489 e. The zero-order chi connectivity index (χ0) is 18.4. The third-order valence-electron chi connectivity index (χ3n) is 4.30. The summed E-state index contributed by atoms with van der Waals surface area (Å²) in [4.78, 5) is 18.7. The summed E-state index contributed by atoms with van der Waals surface area (Å²) < 4.78 is 11.6. The van der Waals surface area contributed by atoms with E-state index in [4.69, 9.17) is 9.47 Å². The monoisotopic (exact) mass is 355 g/mol. The Hall–Kier alpha value is -2.60. The van der Waals surface area contributed by atoms with E-state index >= 15 is 0 Å². The highest BCUT2D eigenvalue weighted by atomic mass is 16.5. The van der Waals surface area contributed by atoms with E-state index in [2.05, 4.69) is 10.3 Å². The molecule has 1 N–H and O–H groups in total. The number of anilines is 2. The maximum Gasteiger partial charge on any atom is 0.255 e. The Balaban J connectivity index is 1.67. The maximum absolute atomic E-state index is 12.6. The number of pyridine rings is 1. The van der Waals surface area contributed by atoms with E-state index in [1.54, 1.807) is 18.3 Å². The number of aromatic nitrogens is 1. The van der Waals surface area contributed by atoms with Crippen LogP contribution in [0, 0.1) is 0 Å². The van der Waals surface area contributed by atoms with Crippen molar-refractivity contribution in [2.75, 3.05) is 37.5 Å². The fourth-order valence-corrected chi connectivity index (χ4v) is 2.82. The predicted octanol–water partition coefficient (Wildman–Crippen LogP) is 3.35. The van der Waals surface area contributed by atoms with Gasteiger partial charge in [-0.15, -0.1) is 0 Å². The third kappa shape index (κ3) is 4.73. The van der Waals surface area contributed by atoms with Gasteiger partial charge in [0, 0.05) is 32.5 Å². The van der Waals surface area contributed by atoms with Gasteiger partial charge in [-0.05, 0) is 43.5 Å². The summed E-state index contributed by atoms with van der Waals surface area (Å²) in [5.74, 6) is 1.19. The molecule has 1 aromatic carbocycles. The van der Waals surface area contributed by atoms with Crippen molar-refractivity contribution in [2.24, 2.45) is 0 Å². The molecule has 1 saturated heterocycles. The van der Waals surface area contributed by atoms with Gasteiger partial charge in [-0.1, -0.05) is 12.1 Å². The lowest BCUT2D eigenvalue weighted by Gasteiger charge is -2.23. The van der Waals surface area contributed by atoms with Crippen LogP contribution in [0.1, 0.15) is 29.6 Å². The van der Waals surface area contributed by atoms with Gasteiger partial charge in [0.15, 0.2) is 0 Å². The van der Waals surface area contributed by atoms with Crippen LogP contribution >= 0.6 is 0 Å². The van der Waals surface area contributed by atoms with Gasteiger partial charge >= 0.3 is 0 Å². The number of amides is 1. The highest BCUT2D eigenvalue weighted by Gasteiger charge is 2.16. The first-order chi connectivity index (χ1) is 12.6. The highest BCUT2D eigenvalue weighted by Crippen LogP contribution is 2.26. The first kappa shape index (κ1) is 18.2. The summed E-state index contributed by atoms with van der Waals surface area (Å²) in [7, 11) is 3.78. The molecule has 2 heterocycles. The van der Waals surface area contributed by atoms with Crippen LogP contribution in [0.4, 0.5) is 11.5 Å². The average molecular weight is 355 g/mol. The summed E-state index contributed by atoms with van der Waals surface area (Å²) in [6.45, 7) is 1.29. The highest BCUT2D eigenvalue weighted by molar-refractivity contribution is 6.05. The number of nitrogens with zero attached hydrogens (tertiary/aromatic N) is 2. The van der Waals surface area contributed by atoms with Gasteiger partial charge in [-0.3, -0.25) is 4.79 Å². The zero-order valence-corrected chi connectivity index (χ0v) is 15.3. The third-order valence-corrected chi connectivity index (χ3v) is 4.30. The molecule has 0 saturated carbocycles. The van der Waals surface area contributed by atoms with E-state index in [1.165, 1.54) is 6.42 Å². The Morgan fingerprint density at radius 1 is 1.31 bits per heavy atom. The molecule has 1 aliphatic heterocycles. The second kappa shape index (κ2) is 8.67. The second-order valence-electron chi connectivity index (χ2n) is 6.55. The lowest BCUT2D eigenvalue weighted by atomic mass is 10.1. The Morgan fingerprint density at radius 3 is 2.92 bits per heavy atom. The fraction of sp³-hybridized carbons (Fsp3) is 0.400. The van der Waals surface area contributed by atoms with Crippen molar-refractivity contribution in [3.8, 4) is 5.75 Å². The lowest BCUT2D eigenvalue weighted by Crippen LogP contribution is -2.26. The van der Waals surface area contributed by atoms with E-state index in [1.807, 2.05) is 43.3 Å². The van der Waals surface area contributed by atoms with Crippen molar-refractivity contribution >= 4 is 17.4 Å². The molecule has 1 aliphatic rings. The molecule has 1 amide bonds. The van der Waals surface area contributed by atoms with Crippen LogP contribution in [-0.4, -0.2) is 44.3 Å². The van der Waals surface area contributed by atoms with Gasteiger partial charge < -0.3 is 19.7 Å². The smallest absolute Gasteiger partial charge is 0.255 e. The number of hydrogen-bond donors (Lipinski definition) is 1. The molecule has 26 heavy (non-hydrogen) atoms. The quantitative estimate of drug-likeness (QED) is 0.861. The topological polar surface area (TPSA) is 63.7 Å². The molecule has 138 valence electrons. The van der Waals surface area contributed by atoms with Gasteiger partial charge in [-0.2, -0.15) is 0 Å². The number of ether oxygens (including phenoxy) is 2. The first-order valence-electron chi connectivity index (χ1n) is 8.91. The molecule has 0 spiro atoms. The van der Waals surface area contributed by atoms with Gasteiger partial charge in [0.2, 0.25) is 0 Å². The van der Waals surface area contributed by atoms with Gasteiger partial charge in [0.05, 0.1) is 11.8 Å². The number of carbonyl (C=O) groups is 1. The Labute approximate surface area is 154 Å². The fourth-order valence-electron chi connectivity index (χ4n) is 2.82. The molecular formula is C20H25N3O3. The van der Waals surface area contributed by atoms with E-state index < -0.39 is 0 Å². The molecule has 0 radical (unpaired) electrons. The van der Waals surface area contributed by atoms with Crippen LogP contribution < -0.4 is 15.0 Å². The van der Waals surface area contributed by atoms with Crippen LogP contribution in [0.2, 0.25) is 0 Å². The number of rotatable bonds is 6. The van der Waals surface area contributed by atoms with Gasteiger partial charge in [0.25, 0.3) is 5.91 Å². The molecule has 1 fully saturated rings. The van der Waals surface area contributed by atoms with E-state index in [0.29, 0.717) is 23.6 Å². The van der Waals surface area contributed by atoms with Crippen LogP contribution in [0.15, 0.2) is 42.6 Å². The second-order valence-corrected chi connectivity index (χ2v) is 6.55. The maximum atomic E-state index is 12.6. The number of nitrogens with one attached hydrogen (secondary N) is 1. The number of carbonyl (C=O) groups excluding carboxylic acids is 1. The van der Waals surface area contributed by atoms with Crippen LogP contribution in [-0.2, 0) is 4.74 Å². The normalized spacial score (nSPS) is 16.8. The van der Waals surface area contributed by atoms with Crippen molar-refractivity contribution in [3.63, 3.8) is 0 Å². The predicted molar refractivity (Wildman–Crippen MR) is 102 cm³/mol. The summed E-state index contributed by atoms with van der Waals surface area (Å²) in [5, 5.41) is 2.93. The Morgan fingerprint density at radius 2 is 2.15 bits per heavy atom. The molecule has 0 bridgehead atoms. The summed E-state index contributed by atoms with van der Waals surface area (Å²) in [6.07, 6.45) is 5.05. The summed E-state index contributed by atoms with van der Waals surface area (Å²) in [5.41, 5.74) is 1.20. The minimum atomic E-state index is -0.194. The summed E-state index contributed by atoms with van der Waals surface area (Å²) >= 11 is 0. The molecule has 0 unspecified atom stereocenters. The summed E-state index contributed by atoms with van der Waals surface area (Å²) in [6, 6.07) is 10.9. The number of benzene rings is 1. The van der Waals surface area contributed by atoms with Crippen molar-refractivity contribution in [1.82, 2.24) is 4.98 Å². The molecule has 2 aromatic rings. The average Bonchev–Trinajstić information content (AvgIpc) is 2.68. The standard InChI is InChI=1S/C20H25N3O3/c1-23(2)19-13-15(10-11-21-19)20(24)22-17-8-3-4-9-18(17)26-14-16-7-5-6-12-25-16/h3-4,8-11,13,16H,5-7,12,14H2,1-2H3,(H,22,24)/t16-/m1/s1. The van der Waals surface area contributed by atoms with Crippen LogP contribution in [0.5, 0.6) is 5.75 Å². The van der Waals surface area contributed by atoms with Crippen molar-refractivity contribution in [3.05, 3.63) is 48.2 Å². The molecular weight excluding hydrogens is 330 g/mol. The van der Waals surface area contributed by atoms with Gasteiger partial charge in [-0.25, -0.2) is 4.98 Å². The molecule has 6 nitrogen and oxygen atoms in total.